The minimum absolute atomic E-state index is 4.59. The van der Waals surface area contributed by atoms with Gasteiger partial charge in [-0.3, -0.25) is 0 Å². The maximum absolute atomic E-state index is 13.9. The minimum atomic E-state index is -10.0. The second kappa shape index (κ2) is 14.2. The van der Waals surface area contributed by atoms with Gasteiger partial charge in [0.1, 0.15) is 0 Å². The summed E-state index contributed by atoms with van der Waals surface area (Å²) in [7, 11) is 0. The van der Waals surface area contributed by atoms with Gasteiger partial charge in [0.05, 0.1) is 0 Å². The van der Waals surface area contributed by atoms with Gasteiger partial charge < -0.3 is 0 Å². The van der Waals surface area contributed by atoms with Crippen LogP contribution in [0.4, 0.5) is 149 Å². The van der Waals surface area contributed by atoms with Gasteiger partial charge in [-0.25, -0.2) is 39.5 Å². The van der Waals surface area contributed by atoms with Gasteiger partial charge >= 0.3 is 71.3 Å². The molecule has 0 aromatic carbocycles. The van der Waals surface area contributed by atoms with Crippen molar-refractivity contribution in [3.05, 3.63) is 0 Å². The molecule has 326 valence electrons. The summed E-state index contributed by atoms with van der Waals surface area (Å²) in [6, 6.07) is 0. The molecule has 0 saturated carbocycles. The second-order valence-corrected chi connectivity index (χ2v) is 10.3. The first-order valence-corrected chi connectivity index (χ1v) is 12.1. The van der Waals surface area contributed by atoms with Crippen molar-refractivity contribution >= 4 is 0 Å². The molecule has 0 radical (unpaired) electrons. The van der Waals surface area contributed by atoms with E-state index in [0.29, 0.717) is 0 Å². The molecule has 0 N–H and O–H groups in total. The van der Waals surface area contributed by atoms with Gasteiger partial charge in [0.2, 0.25) is 6.17 Å². The Morgan fingerprint density at radius 3 is 0.611 bits per heavy atom. The molecule has 0 amide bonds. The fourth-order valence-electron chi connectivity index (χ4n) is 3.34. The zero-order chi connectivity index (χ0) is 44.6. The van der Waals surface area contributed by atoms with Gasteiger partial charge in [-0.05, 0) is 0 Å². The molecule has 0 aromatic heterocycles. The average Bonchev–Trinajstić information content (AvgIpc) is 3.00. The number of hydrogen-bond donors (Lipinski definition) is 0. The number of halogens is 34. The molecule has 0 heterocycles. The quantitative estimate of drug-likeness (QED) is 0.120. The molecule has 7 unspecified atom stereocenters. The molecule has 0 spiro atoms. The summed E-state index contributed by atoms with van der Waals surface area (Å²) in [4.78, 5) is 0. The Hall–Kier alpha value is -2.38. The Bertz CT molecular complexity index is 1260. The lowest BCUT2D eigenvalue weighted by Crippen LogP contribution is -2.78. The van der Waals surface area contributed by atoms with Gasteiger partial charge in [0.15, 0.2) is 37.0 Å². The molecule has 0 rings (SSSR count). The first-order chi connectivity index (χ1) is 23.1. The summed E-state index contributed by atoms with van der Waals surface area (Å²) in [5.74, 6) is -105. The van der Waals surface area contributed by atoms with E-state index in [1.54, 1.807) is 0 Å². The van der Waals surface area contributed by atoms with E-state index in [1.807, 2.05) is 0 Å². The predicted molar refractivity (Wildman–Crippen MR) is 101 cm³/mol. The lowest BCUT2D eigenvalue weighted by atomic mass is 9.83. The van der Waals surface area contributed by atoms with E-state index in [2.05, 4.69) is 0 Å². The summed E-state index contributed by atoms with van der Waals surface area (Å²) in [6.45, 7) is 0. The maximum Gasteiger partial charge on any atom is 0.460 e. The van der Waals surface area contributed by atoms with E-state index in [4.69, 9.17) is 0 Å². The number of rotatable bonds is 18. The number of alkyl halides is 34. The van der Waals surface area contributed by atoms with Crippen molar-refractivity contribution in [3.8, 4) is 0 Å². The van der Waals surface area contributed by atoms with Crippen LogP contribution in [0.15, 0.2) is 0 Å². The highest BCUT2D eigenvalue weighted by Crippen LogP contribution is 2.68. The van der Waals surface area contributed by atoms with Crippen LogP contribution in [0, 0.1) is 0 Å². The minimum Gasteiger partial charge on any atom is -0.241 e. The normalized spacial score (nSPS) is 20.1. The van der Waals surface area contributed by atoms with Crippen molar-refractivity contribution < 1.29 is 149 Å². The third-order valence-corrected chi connectivity index (χ3v) is 6.71. The molecule has 0 saturated heterocycles. The van der Waals surface area contributed by atoms with Crippen LogP contribution in [0.3, 0.4) is 0 Å². The van der Waals surface area contributed by atoms with Crippen LogP contribution in [0.1, 0.15) is 0 Å². The predicted octanol–water partition coefficient (Wildman–Crippen LogP) is 11.2. The maximum atomic E-state index is 13.9. The summed E-state index contributed by atoms with van der Waals surface area (Å²) < 4.78 is 454. The molecule has 0 aliphatic carbocycles. The van der Waals surface area contributed by atoms with Crippen LogP contribution in [0.25, 0.3) is 0 Å². The molecule has 0 fully saturated rings. The van der Waals surface area contributed by atoms with Gasteiger partial charge in [-0.15, -0.1) is 0 Å². The highest BCUT2D eigenvalue weighted by atomic mass is 19.4. The van der Waals surface area contributed by atoms with Gasteiger partial charge in [-0.1, -0.05) is 0 Å². The fraction of sp³-hybridized carbons (Fsp3) is 1.00. The zero-order valence-corrected chi connectivity index (χ0v) is 23.5. The van der Waals surface area contributed by atoms with Gasteiger partial charge in [0.25, 0.3) is 6.43 Å². The first-order valence-electron chi connectivity index (χ1n) is 12.1. The Morgan fingerprint density at radius 2 is 0.389 bits per heavy atom. The summed E-state index contributed by atoms with van der Waals surface area (Å²) in [5, 5.41) is 0. The molecule has 34 heteroatoms. The smallest absolute Gasteiger partial charge is 0.241 e. The van der Waals surface area contributed by atoms with Crippen LogP contribution in [0.5, 0.6) is 0 Å². The SMILES string of the molecule is FC(F)C(F)C(F)C(F)C(F)C(F)C(F)C(F)C(F)(F)C(F)(F)C(F)(F)C(F)(F)C(F)(F)C(F)(F)C(F)(F)C(F)(F)C(F)(F)C(F)(F)C(F)(F)C(F)(F)F. The van der Waals surface area contributed by atoms with Gasteiger partial charge in [0, 0.05) is 0 Å². The molecule has 0 bridgehead atoms. The lowest BCUT2D eigenvalue weighted by molar-refractivity contribution is -0.482. The highest BCUT2D eigenvalue weighted by molar-refractivity contribution is 5.20. The third kappa shape index (κ3) is 6.87. The molecular weight excluding hydrogens is 886 g/mol. The molecule has 54 heavy (non-hydrogen) atoms. The highest BCUT2D eigenvalue weighted by Gasteiger charge is 3.00. The molecular formula is C20H8F34. The topological polar surface area (TPSA) is 0 Å². The van der Waals surface area contributed by atoms with Crippen LogP contribution in [-0.2, 0) is 0 Å². The molecule has 0 aromatic rings. The van der Waals surface area contributed by atoms with Crippen LogP contribution >= 0.6 is 0 Å². The van der Waals surface area contributed by atoms with E-state index in [1.165, 1.54) is 0 Å². The van der Waals surface area contributed by atoms with Crippen molar-refractivity contribution in [3.63, 3.8) is 0 Å². The average molecular weight is 894 g/mol. The third-order valence-electron chi connectivity index (χ3n) is 6.71. The number of hydrogen-bond acceptors (Lipinski definition) is 0. The summed E-state index contributed by atoms with van der Waals surface area (Å²) in [5.41, 5.74) is 0. The zero-order valence-electron chi connectivity index (χ0n) is 23.5. The van der Waals surface area contributed by atoms with E-state index in [0.717, 1.165) is 0 Å². The Morgan fingerprint density at radius 1 is 0.204 bits per heavy atom. The Balaban J connectivity index is 7.22. The van der Waals surface area contributed by atoms with Crippen LogP contribution < -0.4 is 0 Å². The van der Waals surface area contributed by atoms with Crippen LogP contribution in [-0.4, -0.2) is 121 Å². The van der Waals surface area contributed by atoms with E-state index >= 15 is 0 Å². The lowest BCUT2D eigenvalue weighted by Gasteiger charge is -2.46. The van der Waals surface area contributed by atoms with E-state index in [9.17, 15) is 149 Å². The van der Waals surface area contributed by atoms with Gasteiger partial charge in [-0.2, -0.15) is 110 Å². The van der Waals surface area contributed by atoms with E-state index in [-0.39, 0.29) is 0 Å². The van der Waals surface area contributed by atoms with Crippen molar-refractivity contribution in [1.29, 1.82) is 0 Å². The molecule has 0 aliphatic heterocycles. The standard InChI is InChI=1S/C20H8F34/c21-1(2(22)4(24)6(26)8(28)29)3(23)5(25)7(27)9(30,31)10(32,33)11(34,35)12(36,37)13(38,39)14(40,41)15(42,43)16(44,45)17(46,47)18(48,49)19(50,51)20(52,53)54/h1-8H. The molecule has 0 aliphatic rings. The van der Waals surface area contributed by atoms with E-state index < -0.39 is 121 Å². The van der Waals surface area contributed by atoms with Crippen molar-refractivity contribution in [2.75, 3.05) is 0 Å². The molecule has 0 nitrogen and oxygen atoms in total. The first kappa shape index (κ1) is 51.6. The van der Waals surface area contributed by atoms with Crippen molar-refractivity contribution in [1.82, 2.24) is 0 Å². The fourth-order valence-corrected chi connectivity index (χ4v) is 3.34. The molecule has 7 atom stereocenters. The monoisotopic (exact) mass is 894 g/mol. The summed E-state index contributed by atoms with van der Waals surface area (Å²) >= 11 is 0. The van der Waals surface area contributed by atoms with Crippen LogP contribution in [0.2, 0.25) is 0 Å². The Labute approximate surface area is 271 Å². The second-order valence-electron chi connectivity index (χ2n) is 10.3. The Kier molecular flexibility index (Phi) is 13.6. The van der Waals surface area contributed by atoms with Crippen molar-refractivity contribution in [2.45, 2.75) is 121 Å². The van der Waals surface area contributed by atoms with Crippen molar-refractivity contribution in [2.24, 2.45) is 0 Å². The largest absolute Gasteiger partial charge is 0.460 e. The summed E-state index contributed by atoms with van der Waals surface area (Å²) in [6.07, 6.45) is -50.8.